The Kier molecular flexibility index (Phi) is 5.09. The number of benzene rings is 1. The van der Waals surface area contributed by atoms with Gasteiger partial charge >= 0.3 is 0 Å². The van der Waals surface area contributed by atoms with E-state index in [2.05, 4.69) is 29.0 Å². The van der Waals surface area contributed by atoms with Crippen LogP contribution in [0.25, 0.3) is 0 Å². The first kappa shape index (κ1) is 15.2. The molecule has 0 radical (unpaired) electrons. The van der Waals surface area contributed by atoms with Gasteiger partial charge < -0.3 is 10.2 Å². The maximum absolute atomic E-state index is 13.1. The number of nitrogens with one attached hydrogen (secondary N) is 1. The van der Waals surface area contributed by atoms with E-state index < -0.39 is 11.6 Å². The largest absolute Gasteiger partial charge is 0.380 e. The summed E-state index contributed by atoms with van der Waals surface area (Å²) >= 11 is 0. The molecule has 5 heteroatoms. The summed E-state index contributed by atoms with van der Waals surface area (Å²) in [6, 6.07) is 7.34. The molecule has 2 aromatic rings. The second kappa shape index (κ2) is 7.02. The van der Waals surface area contributed by atoms with Crippen molar-refractivity contribution in [1.29, 1.82) is 0 Å². The SMILES string of the molecule is CCN(CC)c1ccc(NCc2cc(F)cc(F)c2)cn1. The molecular weight excluding hydrogens is 272 g/mol. The molecule has 0 bridgehead atoms. The second-order valence-corrected chi connectivity index (χ2v) is 4.71. The number of aromatic nitrogens is 1. The van der Waals surface area contributed by atoms with E-state index in [-0.39, 0.29) is 0 Å². The molecule has 21 heavy (non-hydrogen) atoms. The lowest BCUT2D eigenvalue weighted by molar-refractivity contribution is 0.580. The molecule has 1 aromatic carbocycles. The van der Waals surface area contributed by atoms with Gasteiger partial charge in [-0.25, -0.2) is 13.8 Å². The third-order valence-corrected chi connectivity index (χ3v) is 3.25. The minimum Gasteiger partial charge on any atom is -0.380 e. The molecule has 0 spiro atoms. The van der Waals surface area contributed by atoms with Crippen LogP contribution in [-0.4, -0.2) is 18.1 Å². The Hall–Kier alpha value is -2.17. The van der Waals surface area contributed by atoms with E-state index in [1.165, 1.54) is 12.1 Å². The van der Waals surface area contributed by atoms with Crippen LogP contribution < -0.4 is 10.2 Å². The summed E-state index contributed by atoms with van der Waals surface area (Å²) in [6.45, 7) is 6.31. The Bertz CT molecular complexity index is 560. The summed E-state index contributed by atoms with van der Waals surface area (Å²) in [7, 11) is 0. The maximum atomic E-state index is 13.1. The number of halogens is 2. The first-order valence-electron chi connectivity index (χ1n) is 7.02. The van der Waals surface area contributed by atoms with Crippen LogP contribution in [0.1, 0.15) is 19.4 Å². The van der Waals surface area contributed by atoms with Crippen LogP contribution in [0.15, 0.2) is 36.5 Å². The molecule has 0 aliphatic heterocycles. The predicted octanol–water partition coefficient (Wildman–Crippen LogP) is 3.82. The highest BCUT2D eigenvalue weighted by Crippen LogP contribution is 2.15. The van der Waals surface area contributed by atoms with E-state index in [1.807, 2.05) is 12.1 Å². The first-order chi connectivity index (χ1) is 10.1. The monoisotopic (exact) mass is 291 g/mol. The zero-order valence-electron chi connectivity index (χ0n) is 12.2. The van der Waals surface area contributed by atoms with E-state index in [0.29, 0.717) is 12.1 Å². The van der Waals surface area contributed by atoms with E-state index in [1.54, 1.807) is 6.20 Å². The topological polar surface area (TPSA) is 28.2 Å². The van der Waals surface area contributed by atoms with Gasteiger partial charge in [0, 0.05) is 25.7 Å². The summed E-state index contributed by atoms with van der Waals surface area (Å²) in [5.74, 6) is -0.217. The number of hydrogen-bond acceptors (Lipinski definition) is 3. The molecule has 3 nitrogen and oxygen atoms in total. The molecule has 2 rings (SSSR count). The van der Waals surface area contributed by atoms with Gasteiger partial charge in [0.2, 0.25) is 0 Å². The lowest BCUT2D eigenvalue weighted by Crippen LogP contribution is -2.22. The van der Waals surface area contributed by atoms with Gasteiger partial charge in [-0.2, -0.15) is 0 Å². The van der Waals surface area contributed by atoms with Gasteiger partial charge in [0.25, 0.3) is 0 Å². The molecule has 0 saturated carbocycles. The molecule has 1 aromatic heterocycles. The summed E-state index contributed by atoms with van der Waals surface area (Å²) in [6.07, 6.45) is 1.73. The van der Waals surface area contributed by atoms with Gasteiger partial charge in [-0.1, -0.05) is 0 Å². The van der Waals surface area contributed by atoms with Crippen molar-refractivity contribution in [2.75, 3.05) is 23.3 Å². The van der Waals surface area contributed by atoms with Crippen LogP contribution in [0.5, 0.6) is 0 Å². The zero-order valence-corrected chi connectivity index (χ0v) is 12.2. The molecule has 1 N–H and O–H groups in total. The molecule has 0 saturated heterocycles. The standard InChI is InChI=1S/C16H19F2N3/c1-3-21(4-2)16-6-5-15(11-20-16)19-10-12-7-13(17)9-14(18)8-12/h5-9,11,19H,3-4,10H2,1-2H3. The molecule has 0 atom stereocenters. The van der Waals surface area contributed by atoms with Gasteiger partial charge in [0.05, 0.1) is 11.9 Å². The van der Waals surface area contributed by atoms with Gasteiger partial charge in [0.1, 0.15) is 17.5 Å². The molecule has 0 fully saturated rings. The van der Waals surface area contributed by atoms with Crippen LogP contribution in [0, 0.1) is 11.6 Å². The quantitative estimate of drug-likeness (QED) is 0.877. The van der Waals surface area contributed by atoms with Gasteiger partial charge in [0.15, 0.2) is 0 Å². The molecule has 0 unspecified atom stereocenters. The molecule has 0 amide bonds. The second-order valence-electron chi connectivity index (χ2n) is 4.71. The van der Waals surface area contributed by atoms with Crippen molar-refractivity contribution in [2.45, 2.75) is 20.4 Å². The number of anilines is 2. The molecule has 0 aliphatic carbocycles. The van der Waals surface area contributed by atoms with Crippen molar-refractivity contribution in [3.63, 3.8) is 0 Å². The minimum atomic E-state index is -0.568. The Morgan fingerprint density at radius 1 is 1.05 bits per heavy atom. The van der Waals surface area contributed by atoms with E-state index >= 15 is 0 Å². The lowest BCUT2D eigenvalue weighted by Gasteiger charge is -2.19. The Morgan fingerprint density at radius 3 is 2.24 bits per heavy atom. The Labute approximate surface area is 123 Å². The van der Waals surface area contributed by atoms with E-state index in [0.717, 1.165) is 30.7 Å². The van der Waals surface area contributed by atoms with Crippen molar-refractivity contribution in [1.82, 2.24) is 4.98 Å². The summed E-state index contributed by atoms with van der Waals surface area (Å²) in [5, 5.41) is 3.10. The van der Waals surface area contributed by atoms with E-state index in [4.69, 9.17) is 0 Å². The van der Waals surface area contributed by atoms with Crippen molar-refractivity contribution < 1.29 is 8.78 Å². The van der Waals surface area contributed by atoms with Crippen molar-refractivity contribution in [3.8, 4) is 0 Å². The van der Waals surface area contributed by atoms with Crippen molar-refractivity contribution in [3.05, 3.63) is 53.7 Å². The Morgan fingerprint density at radius 2 is 1.71 bits per heavy atom. The molecule has 1 heterocycles. The number of pyridine rings is 1. The fourth-order valence-electron chi connectivity index (χ4n) is 2.14. The average molecular weight is 291 g/mol. The fraction of sp³-hybridized carbons (Fsp3) is 0.312. The summed E-state index contributed by atoms with van der Waals surface area (Å²) < 4.78 is 26.2. The van der Waals surface area contributed by atoms with Gasteiger partial charge in [-0.05, 0) is 43.7 Å². The smallest absolute Gasteiger partial charge is 0.128 e. The third kappa shape index (κ3) is 4.15. The number of rotatable bonds is 6. The predicted molar refractivity (Wildman–Crippen MR) is 81.5 cm³/mol. The fourth-order valence-corrected chi connectivity index (χ4v) is 2.14. The van der Waals surface area contributed by atoms with Gasteiger partial charge in [-0.15, -0.1) is 0 Å². The molecule has 112 valence electrons. The summed E-state index contributed by atoms with van der Waals surface area (Å²) in [5.41, 5.74) is 1.37. The highest BCUT2D eigenvalue weighted by Gasteiger charge is 2.04. The van der Waals surface area contributed by atoms with Crippen molar-refractivity contribution in [2.24, 2.45) is 0 Å². The number of hydrogen-bond donors (Lipinski definition) is 1. The summed E-state index contributed by atoms with van der Waals surface area (Å²) in [4.78, 5) is 6.53. The van der Waals surface area contributed by atoms with Crippen LogP contribution in [0.2, 0.25) is 0 Å². The van der Waals surface area contributed by atoms with Crippen LogP contribution >= 0.6 is 0 Å². The first-order valence-corrected chi connectivity index (χ1v) is 7.02. The molecule has 0 aliphatic rings. The van der Waals surface area contributed by atoms with Crippen LogP contribution in [0.4, 0.5) is 20.3 Å². The van der Waals surface area contributed by atoms with Gasteiger partial charge in [-0.3, -0.25) is 0 Å². The van der Waals surface area contributed by atoms with Crippen LogP contribution in [0.3, 0.4) is 0 Å². The molecular formula is C16H19F2N3. The Balaban J connectivity index is 2.00. The van der Waals surface area contributed by atoms with E-state index in [9.17, 15) is 8.78 Å². The third-order valence-electron chi connectivity index (χ3n) is 3.25. The zero-order chi connectivity index (χ0) is 15.2. The number of nitrogens with zero attached hydrogens (tertiary/aromatic N) is 2. The lowest BCUT2D eigenvalue weighted by atomic mass is 10.2. The highest BCUT2D eigenvalue weighted by molar-refractivity contribution is 5.48. The highest BCUT2D eigenvalue weighted by atomic mass is 19.1. The normalized spacial score (nSPS) is 10.5. The maximum Gasteiger partial charge on any atom is 0.128 e. The van der Waals surface area contributed by atoms with Crippen LogP contribution in [-0.2, 0) is 6.54 Å². The minimum absolute atomic E-state index is 0.348. The average Bonchev–Trinajstić information content (AvgIpc) is 2.47. The van der Waals surface area contributed by atoms with Crippen molar-refractivity contribution >= 4 is 11.5 Å².